The van der Waals surface area contributed by atoms with Gasteiger partial charge in [-0.25, -0.2) is 0 Å². The molecular formula is C11H13BrN4OS. The van der Waals surface area contributed by atoms with Crippen LogP contribution in [0.2, 0.25) is 0 Å². The lowest BCUT2D eigenvalue weighted by atomic mass is 10.3. The van der Waals surface area contributed by atoms with E-state index in [-0.39, 0.29) is 5.95 Å². The topological polar surface area (TPSA) is 64.3 Å². The molecule has 0 unspecified atom stereocenters. The minimum atomic E-state index is 0.211. The van der Waals surface area contributed by atoms with Crippen molar-refractivity contribution >= 4 is 39.0 Å². The second kappa shape index (κ2) is 5.53. The molecule has 0 atom stereocenters. The highest BCUT2D eigenvalue weighted by Gasteiger charge is 2.08. The first-order valence-corrected chi connectivity index (χ1v) is 6.88. The zero-order valence-corrected chi connectivity index (χ0v) is 12.5. The van der Waals surface area contributed by atoms with Crippen LogP contribution >= 0.6 is 27.3 Å². The highest BCUT2D eigenvalue weighted by molar-refractivity contribution is 9.11. The lowest BCUT2D eigenvalue weighted by Gasteiger charge is -2.18. The van der Waals surface area contributed by atoms with E-state index in [0.717, 1.165) is 16.1 Å². The Balaban J connectivity index is 2.17. The minimum absolute atomic E-state index is 0.211. The van der Waals surface area contributed by atoms with Crippen molar-refractivity contribution in [1.29, 1.82) is 0 Å². The summed E-state index contributed by atoms with van der Waals surface area (Å²) in [5.41, 5.74) is 6.85. The molecule has 0 spiro atoms. The minimum Gasteiger partial charge on any atom is -0.481 e. The maximum atomic E-state index is 5.64. The SMILES string of the molecule is COc1cc(N(C)Cc2csc(Br)c2)nc(N)n1. The summed E-state index contributed by atoms with van der Waals surface area (Å²) in [5, 5.41) is 2.10. The summed E-state index contributed by atoms with van der Waals surface area (Å²) < 4.78 is 6.19. The summed E-state index contributed by atoms with van der Waals surface area (Å²) in [7, 11) is 3.51. The second-order valence-corrected chi connectivity index (χ2v) is 6.03. The predicted molar refractivity (Wildman–Crippen MR) is 77.1 cm³/mol. The fourth-order valence-electron chi connectivity index (χ4n) is 1.51. The van der Waals surface area contributed by atoms with E-state index < -0.39 is 0 Å². The van der Waals surface area contributed by atoms with Crippen LogP contribution in [0.3, 0.4) is 0 Å². The average Bonchev–Trinajstić information content (AvgIpc) is 2.73. The zero-order chi connectivity index (χ0) is 13.1. The van der Waals surface area contributed by atoms with Crippen molar-refractivity contribution in [3.05, 3.63) is 26.9 Å². The zero-order valence-electron chi connectivity index (χ0n) is 10.1. The molecule has 2 aromatic heterocycles. The van der Waals surface area contributed by atoms with Crippen LogP contribution in [0.15, 0.2) is 21.3 Å². The van der Waals surface area contributed by atoms with E-state index in [4.69, 9.17) is 10.5 Å². The molecular weight excluding hydrogens is 316 g/mol. The van der Waals surface area contributed by atoms with Crippen molar-refractivity contribution in [2.75, 3.05) is 24.8 Å². The molecule has 5 nitrogen and oxygen atoms in total. The van der Waals surface area contributed by atoms with E-state index in [9.17, 15) is 0 Å². The van der Waals surface area contributed by atoms with Gasteiger partial charge in [0.2, 0.25) is 11.8 Å². The van der Waals surface area contributed by atoms with E-state index in [1.807, 2.05) is 11.9 Å². The van der Waals surface area contributed by atoms with Gasteiger partial charge >= 0.3 is 0 Å². The summed E-state index contributed by atoms with van der Waals surface area (Å²) in [6, 6.07) is 3.85. The van der Waals surface area contributed by atoms with Crippen molar-refractivity contribution in [1.82, 2.24) is 9.97 Å². The van der Waals surface area contributed by atoms with Gasteiger partial charge in [-0.3, -0.25) is 0 Å². The fourth-order valence-corrected chi connectivity index (χ4v) is 2.71. The first-order chi connectivity index (χ1) is 8.58. The number of nitrogens with two attached hydrogens (primary N) is 1. The maximum absolute atomic E-state index is 5.64. The molecule has 7 heteroatoms. The van der Waals surface area contributed by atoms with Gasteiger partial charge in [0.25, 0.3) is 0 Å². The molecule has 0 radical (unpaired) electrons. The van der Waals surface area contributed by atoms with Crippen LogP contribution in [0.5, 0.6) is 5.88 Å². The van der Waals surface area contributed by atoms with Crippen LogP contribution in [0, 0.1) is 0 Å². The number of halogens is 1. The predicted octanol–water partition coefficient (Wildman–Crippen LogP) is 2.53. The first-order valence-electron chi connectivity index (χ1n) is 5.21. The van der Waals surface area contributed by atoms with Crippen LogP contribution in [0.4, 0.5) is 11.8 Å². The van der Waals surface area contributed by atoms with Crippen molar-refractivity contribution in [3.63, 3.8) is 0 Å². The van der Waals surface area contributed by atoms with Crippen molar-refractivity contribution < 1.29 is 4.74 Å². The van der Waals surface area contributed by atoms with Crippen LogP contribution in [0.1, 0.15) is 5.56 Å². The largest absolute Gasteiger partial charge is 0.481 e. The second-order valence-electron chi connectivity index (χ2n) is 3.74. The van der Waals surface area contributed by atoms with Crippen molar-refractivity contribution in [3.8, 4) is 5.88 Å². The van der Waals surface area contributed by atoms with Gasteiger partial charge in [-0.1, -0.05) is 0 Å². The number of thiophene rings is 1. The highest BCUT2D eigenvalue weighted by Crippen LogP contribution is 2.24. The van der Waals surface area contributed by atoms with E-state index in [2.05, 4.69) is 37.3 Å². The standard InChI is InChI=1S/C11H13BrN4OS/c1-16(5-7-3-8(12)18-6-7)9-4-10(17-2)15-11(13)14-9/h3-4,6H,5H2,1-2H3,(H2,13,14,15). The summed E-state index contributed by atoms with van der Waals surface area (Å²) in [6.07, 6.45) is 0. The van der Waals surface area contributed by atoms with Crippen LogP contribution in [-0.2, 0) is 6.54 Å². The number of ether oxygens (including phenoxy) is 1. The van der Waals surface area contributed by atoms with Crippen molar-refractivity contribution in [2.45, 2.75) is 6.54 Å². The molecule has 2 aromatic rings. The summed E-state index contributed by atoms with van der Waals surface area (Å²) in [4.78, 5) is 10.1. The lowest BCUT2D eigenvalue weighted by molar-refractivity contribution is 0.397. The first kappa shape index (κ1) is 13.1. The summed E-state index contributed by atoms with van der Waals surface area (Å²) in [6.45, 7) is 0.752. The molecule has 0 aliphatic heterocycles. The van der Waals surface area contributed by atoms with Gasteiger partial charge in [0, 0.05) is 19.7 Å². The van der Waals surface area contributed by atoms with Gasteiger partial charge in [0.1, 0.15) is 5.82 Å². The molecule has 2 rings (SSSR count). The molecule has 2 heterocycles. The quantitative estimate of drug-likeness (QED) is 0.934. The number of aromatic nitrogens is 2. The van der Waals surface area contributed by atoms with Gasteiger partial charge in [-0.05, 0) is 32.9 Å². The Morgan fingerprint density at radius 2 is 2.22 bits per heavy atom. The van der Waals surface area contributed by atoms with Crippen LogP contribution in [0.25, 0.3) is 0 Å². The van der Waals surface area contributed by atoms with E-state index in [0.29, 0.717) is 5.88 Å². The number of nitrogen functional groups attached to an aromatic ring is 1. The molecule has 0 amide bonds. The Morgan fingerprint density at radius 3 is 2.83 bits per heavy atom. The molecule has 0 aliphatic carbocycles. The maximum Gasteiger partial charge on any atom is 0.225 e. The Bertz CT molecular complexity index is 546. The van der Waals surface area contributed by atoms with Gasteiger partial charge in [0.05, 0.1) is 10.9 Å². The molecule has 0 bridgehead atoms. The van der Waals surface area contributed by atoms with E-state index in [1.54, 1.807) is 24.5 Å². The third-order valence-electron chi connectivity index (χ3n) is 2.35. The van der Waals surface area contributed by atoms with Gasteiger partial charge in [0.15, 0.2) is 0 Å². The Labute approximate surface area is 118 Å². The third kappa shape index (κ3) is 3.11. The monoisotopic (exact) mass is 328 g/mol. The summed E-state index contributed by atoms with van der Waals surface area (Å²) >= 11 is 5.11. The van der Waals surface area contributed by atoms with Gasteiger partial charge in [-0.15, -0.1) is 11.3 Å². The number of anilines is 2. The Morgan fingerprint density at radius 1 is 1.44 bits per heavy atom. The molecule has 0 aromatic carbocycles. The van der Waals surface area contributed by atoms with E-state index in [1.165, 1.54) is 5.56 Å². The Hall–Kier alpha value is -1.34. The summed E-state index contributed by atoms with van der Waals surface area (Å²) in [5.74, 6) is 1.42. The average molecular weight is 329 g/mol. The number of rotatable bonds is 4. The Kier molecular flexibility index (Phi) is 4.03. The molecule has 0 saturated heterocycles. The third-order valence-corrected chi connectivity index (χ3v) is 3.90. The number of nitrogens with zero attached hydrogens (tertiary/aromatic N) is 3. The lowest BCUT2D eigenvalue weighted by Crippen LogP contribution is -2.18. The molecule has 0 aliphatic rings. The van der Waals surface area contributed by atoms with Crippen LogP contribution < -0.4 is 15.4 Å². The van der Waals surface area contributed by atoms with E-state index >= 15 is 0 Å². The van der Waals surface area contributed by atoms with Gasteiger partial charge < -0.3 is 15.4 Å². The molecule has 18 heavy (non-hydrogen) atoms. The molecule has 2 N–H and O–H groups in total. The number of methoxy groups -OCH3 is 1. The normalized spacial score (nSPS) is 10.4. The van der Waals surface area contributed by atoms with Crippen LogP contribution in [-0.4, -0.2) is 24.1 Å². The molecule has 0 fully saturated rings. The number of hydrogen-bond acceptors (Lipinski definition) is 6. The van der Waals surface area contributed by atoms with Gasteiger partial charge in [-0.2, -0.15) is 9.97 Å². The highest BCUT2D eigenvalue weighted by atomic mass is 79.9. The smallest absolute Gasteiger partial charge is 0.225 e. The molecule has 96 valence electrons. The molecule has 0 saturated carbocycles. The number of hydrogen-bond donors (Lipinski definition) is 1. The fraction of sp³-hybridized carbons (Fsp3) is 0.273. The van der Waals surface area contributed by atoms with Crippen molar-refractivity contribution in [2.24, 2.45) is 0 Å².